The van der Waals surface area contributed by atoms with Crippen LogP contribution in [0.2, 0.25) is 5.02 Å². The summed E-state index contributed by atoms with van der Waals surface area (Å²) < 4.78 is 0. The Morgan fingerprint density at radius 3 is 2.57 bits per heavy atom. The van der Waals surface area contributed by atoms with Crippen molar-refractivity contribution in [2.45, 2.75) is 18.4 Å². The fraction of sp³-hybridized carbons (Fsp3) is 0.300. The van der Waals surface area contributed by atoms with Gasteiger partial charge in [0.1, 0.15) is 0 Å². The molecule has 0 heterocycles. The monoisotopic (exact) mass is 212 g/mol. The van der Waals surface area contributed by atoms with Crippen molar-refractivity contribution in [1.29, 1.82) is 0 Å². The molecular weight excluding hydrogens is 204 g/mol. The van der Waals surface area contributed by atoms with Crippen molar-refractivity contribution in [1.82, 2.24) is 0 Å². The predicted molar refractivity (Wildman–Crippen MR) is 51.5 cm³/mol. The molecule has 0 unspecified atom stereocenters. The van der Waals surface area contributed by atoms with Gasteiger partial charge in [0.05, 0.1) is 11.2 Å². The van der Waals surface area contributed by atoms with Crippen LogP contribution in [0.5, 0.6) is 0 Å². The molecule has 1 aromatic rings. The molecule has 0 radical (unpaired) electrons. The third kappa shape index (κ3) is 1.49. The summed E-state index contributed by atoms with van der Waals surface area (Å²) in [5.41, 5.74) is -0.370. The number of benzene rings is 1. The topological polar surface area (TPSA) is 57.5 Å². The van der Waals surface area contributed by atoms with E-state index >= 15 is 0 Å². The molecule has 0 aromatic heterocycles. The normalized spacial score (nSPS) is 17.9. The van der Waals surface area contributed by atoms with Crippen molar-refractivity contribution in [2.24, 2.45) is 0 Å². The molecule has 1 aliphatic rings. The molecule has 3 nitrogen and oxygen atoms in total. The lowest BCUT2D eigenvalue weighted by atomic mass is 10.0. The van der Waals surface area contributed by atoms with Crippen LogP contribution < -0.4 is 0 Å². The van der Waals surface area contributed by atoms with Gasteiger partial charge in [0.25, 0.3) is 0 Å². The average Bonchev–Trinajstić information content (AvgIpc) is 2.84. The molecule has 0 bridgehead atoms. The summed E-state index contributed by atoms with van der Waals surface area (Å²) in [7, 11) is 0. The van der Waals surface area contributed by atoms with Crippen LogP contribution in [-0.4, -0.2) is 16.2 Å². The fourth-order valence-corrected chi connectivity index (χ4v) is 1.66. The Hall–Kier alpha value is -1.06. The van der Waals surface area contributed by atoms with Crippen LogP contribution >= 0.6 is 11.6 Å². The van der Waals surface area contributed by atoms with Gasteiger partial charge in [0, 0.05) is 5.02 Å². The number of carbonyl (C=O) groups is 1. The molecule has 1 aliphatic carbocycles. The quantitative estimate of drug-likeness (QED) is 0.789. The van der Waals surface area contributed by atoms with Gasteiger partial charge in [-0.05, 0) is 30.5 Å². The van der Waals surface area contributed by atoms with E-state index in [4.69, 9.17) is 16.7 Å². The van der Waals surface area contributed by atoms with Crippen molar-refractivity contribution in [3.05, 3.63) is 34.3 Å². The minimum Gasteiger partial charge on any atom is -0.478 e. The number of carboxylic acids is 1. The second kappa shape index (κ2) is 2.97. The average molecular weight is 213 g/mol. The van der Waals surface area contributed by atoms with Gasteiger partial charge < -0.3 is 10.2 Å². The van der Waals surface area contributed by atoms with Crippen molar-refractivity contribution in [3.63, 3.8) is 0 Å². The van der Waals surface area contributed by atoms with Crippen molar-refractivity contribution in [2.75, 3.05) is 0 Å². The van der Waals surface area contributed by atoms with Crippen LogP contribution in [0.15, 0.2) is 18.2 Å². The molecule has 14 heavy (non-hydrogen) atoms. The molecule has 1 aromatic carbocycles. The highest BCUT2D eigenvalue weighted by Gasteiger charge is 2.44. The number of halogens is 1. The second-order valence-corrected chi connectivity index (χ2v) is 3.96. The van der Waals surface area contributed by atoms with Crippen molar-refractivity contribution in [3.8, 4) is 0 Å². The highest BCUT2D eigenvalue weighted by molar-refractivity contribution is 6.31. The highest BCUT2D eigenvalue weighted by Crippen LogP contribution is 2.46. The lowest BCUT2D eigenvalue weighted by Crippen LogP contribution is -2.11. The Balaban J connectivity index is 2.54. The number of rotatable bonds is 2. The molecule has 0 amide bonds. The van der Waals surface area contributed by atoms with Crippen LogP contribution in [-0.2, 0) is 5.60 Å². The van der Waals surface area contributed by atoms with Gasteiger partial charge in [0.15, 0.2) is 0 Å². The van der Waals surface area contributed by atoms with E-state index in [1.807, 2.05) is 0 Å². The summed E-state index contributed by atoms with van der Waals surface area (Å²) in [5.74, 6) is -1.05. The standard InChI is InChI=1S/C10H9ClO3/c11-6-1-2-8(10(14)3-4-10)7(5-6)9(12)13/h1-2,5,14H,3-4H2,(H,12,13). The van der Waals surface area contributed by atoms with Gasteiger partial charge in [-0.3, -0.25) is 0 Å². The smallest absolute Gasteiger partial charge is 0.336 e. The van der Waals surface area contributed by atoms with E-state index in [-0.39, 0.29) is 5.56 Å². The number of aliphatic hydroxyl groups is 1. The fourth-order valence-electron chi connectivity index (χ4n) is 1.49. The van der Waals surface area contributed by atoms with Gasteiger partial charge in [-0.15, -0.1) is 0 Å². The second-order valence-electron chi connectivity index (χ2n) is 3.53. The molecule has 1 saturated carbocycles. The molecule has 1 fully saturated rings. The third-order valence-electron chi connectivity index (χ3n) is 2.44. The SMILES string of the molecule is O=C(O)c1cc(Cl)ccc1C1(O)CC1. The summed E-state index contributed by atoms with van der Waals surface area (Å²) in [4.78, 5) is 10.9. The van der Waals surface area contributed by atoms with Crippen molar-refractivity contribution < 1.29 is 15.0 Å². The van der Waals surface area contributed by atoms with Gasteiger partial charge in [-0.25, -0.2) is 4.79 Å². The Kier molecular flexibility index (Phi) is 2.01. The summed E-state index contributed by atoms with van der Waals surface area (Å²) in [5, 5.41) is 19.1. The van der Waals surface area contributed by atoms with Crippen molar-refractivity contribution >= 4 is 17.6 Å². The minimum atomic E-state index is -1.05. The molecule has 2 rings (SSSR count). The number of hydrogen-bond acceptors (Lipinski definition) is 2. The zero-order chi connectivity index (χ0) is 10.3. The molecule has 2 N–H and O–H groups in total. The Bertz CT molecular complexity index is 396. The summed E-state index contributed by atoms with van der Waals surface area (Å²) >= 11 is 5.69. The first-order chi connectivity index (χ1) is 6.53. The van der Waals surface area contributed by atoms with Crippen LogP contribution in [0.25, 0.3) is 0 Å². The van der Waals surface area contributed by atoms with E-state index in [0.717, 1.165) is 0 Å². The first kappa shape index (κ1) is 9.49. The maximum absolute atomic E-state index is 10.9. The third-order valence-corrected chi connectivity index (χ3v) is 2.67. The summed E-state index contributed by atoms with van der Waals surface area (Å²) in [6.45, 7) is 0. The van der Waals surface area contributed by atoms with E-state index in [1.165, 1.54) is 6.07 Å². The zero-order valence-corrected chi connectivity index (χ0v) is 8.08. The maximum atomic E-state index is 10.9. The maximum Gasteiger partial charge on any atom is 0.336 e. The Morgan fingerprint density at radius 1 is 1.43 bits per heavy atom. The largest absolute Gasteiger partial charge is 0.478 e. The number of aromatic carboxylic acids is 1. The number of hydrogen-bond donors (Lipinski definition) is 2. The van der Waals surface area contributed by atoms with Crippen LogP contribution in [0.4, 0.5) is 0 Å². The predicted octanol–water partition coefficient (Wildman–Crippen LogP) is 2.02. The lowest BCUT2D eigenvalue weighted by Gasteiger charge is -2.11. The summed E-state index contributed by atoms with van der Waals surface area (Å²) in [6.07, 6.45) is 1.24. The first-order valence-corrected chi connectivity index (χ1v) is 4.66. The molecule has 4 heteroatoms. The van der Waals surface area contributed by atoms with Crippen LogP contribution in [0.1, 0.15) is 28.8 Å². The molecule has 74 valence electrons. The molecule has 0 aliphatic heterocycles. The Labute approximate surface area is 85.9 Å². The molecule has 0 spiro atoms. The molecule has 0 saturated heterocycles. The molecular formula is C10H9ClO3. The van der Waals surface area contributed by atoms with E-state index in [2.05, 4.69) is 0 Å². The first-order valence-electron chi connectivity index (χ1n) is 4.29. The van der Waals surface area contributed by atoms with E-state index in [0.29, 0.717) is 23.4 Å². The van der Waals surface area contributed by atoms with Gasteiger partial charge in [-0.2, -0.15) is 0 Å². The number of carboxylic acid groups (broad SMARTS) is 1. The van der Waals surface area contributed by atoms with Gasteiger partial charge in [0.2, 0.25) is 0 Å². The Morgan fingerprint density at radius 2 is 2.07 bits per heavy atom. The van der Waals surface area contributed by atoms with E-state index in [9.17, 15) is 9.90 Å². The highest BCUT2D eigenvalue weighted by atomic mass is 35.5. The van der Waals surface area contributed by atoms with Crippen LogP contribution in [0, 0.1) is 0 Å². The van der Waals surface area contributed by atoms with Gasteiger partial charge >= 0.3 is 5.97 Å². The summed E-state index contributed by atoms with van der Waals surface area (Å²) in [6, 6.07) is 4.55. The van der Waals surface area contributed by atoms with Crippen LogP contribution in [0.3, 0.4) is 0 Å². The lowest BCUT2D eigenvalue weighted by molar-refractivity contribution is 0.0685. The van der Waals surface area contributed by atoms with E-state index < -0.39 is 11.6 Å². The minimum absolute atomic E-state index is 0.0949. The van der Waals surface area contributed by atoms with Gasteiger partial charge in [-0.1, -0.05) is 17.7 Å². The molecule has 0 atom stereocenters. The zero-order valence-electron chi connectivity index (χ0n) is 7.33. The van der Waals surface area contributed by atoms with E-state index in [1.54, 1.807) is 12.1 Å².